The molecule has 5 rings (SSSR count). The van der Waals surface area contributed by atoms with Crippen LogP contribution < -0.4 is 0 Å². The number of aryl methyl sites for hydroxylation is 3. The molecule has 3 aromatic rings. The number of hydrogen-bond donors (Lipinski definition) is 0. The van der Waals surface area contributed by atoms with Crippen molar-refractivity contribution in [3.8, 4) is 0 Å². The van der Waals surface area contributed by atoms with Gasteiger partial charge in [0.15, 0.2) is 11.6 Å². The molecule has 10 nitrogen and oxygen atoms in total. The van der Waals surface area contributed by atoms with Crippen LogP contribution >= 0.6 is 0 Å². The Morgan fingerprint density at radius 1 is 0.968 bits per heavy atom. The molecule has 0 N–H and O–H groups in total. The lowest BCUT2D eigenvalue weighted by atomic mass is 9.91. The average Bonchev–Trinajstić information content (AvgIpc) is 3.32. The van der Waals surface area contributed by atoms with Gasteiger partial charge in [0.05, 0.1) is 5.92 Å². The second kappa shape index (κ2) is 10.2. The minimum Gasteiger partial charge on any atom is -0.457 e. The van der Waals surface area contributed by atoms with Gasteiger partial charge in [0.2, 0.25) is 0 Å². The van der Waals surface area contributed by atoms with Gasteiger partial charge in [-0.2, -0.15) is 0 Å². The van der Waals surface area contributed by atoms with E-state index in [0.29, 0.717) is 0 Å². The van der Waals surface area contributed by atoms with E-state index in [2.05, 4.69) is 31.1 Å². The Labute approximate surface area is 181 Å². The summed E-state index contributed by atoms with van der Waals surface area (Å²) in [6.45, 7) is 3.26. The summed E-state index contributed by atoms with van der Waals surface area (Å²) in [4.78, 5) is 11.5. The summed E-state index contributed by atoms with van der Waals surface area (Å²) < 4.78 is 9.35. The highest BCUT2D eigenvalue weighted by molar-refractivity contribution is 5.66. The number of esters is 1. The number of fused-ring (bicyclic) bond motifs is 2. The van der Waals surface area contributed by atoms with Crippen LogP contribution in [0.3, 0.4) is 0 Å². The Morgan fingerprint density at radius 3 is 2.55 bits per heavy atom. The predicted octanol–water partition coefficient (Wildman–Crippen LogP) is 2.64. The highest BCUT2D eigenvalue weighted by Crippen LogP contribution is 2.38. The Kier molecular flexibility index (Phi) is 6.96. The van der Waals surface area contributed by atoms with Gasteiger partial charge in [-0.1, -0.05) is 43.2 Å². The van der Waals surface area contributed by atoms with Crippen LogP contribution in [-0.2, 0) is 29.0 Å². The smallest absolute Gasteiger partial charge is 0.303 e. The first-order valence-electron chi connectivity index (χ1n) is 11.0. The Balaban J connectivity index is 0.000000192. The van der Waals surface area contributed by atoms with Crippen LogP contribution in [0.2, 0.25) is 0 Å². The molecule has 0 saturated carbocycles. The first kappa shape index (κ1) is 21.1. The highest BCUT2D eigenvalue weighted by Gasteiger charge is 2.33. The summed E-state index contributed by atoms with van der Waals surface area (Å²) in [5, 5.41) is 23.4. The Hall–Kier alpha value is -3.17. The number of hydrogen-bond acceptors (Lipinski definition) is 8. The van der Waals surface area contributed by atoms with Crippen molar-refractivity contribution in [1.29, 1.82) is 0 Å². The molecular formula is C21H28N8O2. The molecule has 1 aromatic carbocycles. The summed E-state index contributed by atoms with van der Waals surface area (Å²) >= 11 is 0. The number of benzene rings is 1. The van der Waals surface area contributed by atoms with Gasteiger partial charge in [-0.05, 0) is 52.1 Å². The molecule has 0 spiro atoms. The van der Waals surface area contributed by atoms with Gasteiger partial charge in [0.1, 0.15) is 6.10 Å². The fourth-order valence-electron chi connectivity index (χ4n) is 4.18. The van der Waals surface area contributed by atoms with E-state index < -0.39 is 0 Å². The SMILES string of the molecule is C1CCc2nnnn2CC1.CC(=O)OC(c1ccccc1)C1CCCCn2nnnc21. The van der Waals surface area contributed by atoms with E-state index >= 15 is 0 Å². The van der Waals surface area contributed by atoms with Crippen molar-refractivity contribution in [2.75, 3.05) is 0 Å². The van der Waals surface area contributed by atoms with Gasteiger partial charge < -0.3 is 4.74 Å². The van der Waals surface area contributed by atoms with Crippen molar-refractivity contribution >= 4 is 5.97 Å². The van der Waals surface area contributed by atoms with Crippen LogP contribution in [0.1, 0.15) is 74.7 Å². The first-order chi connectivity index (χ1) is 15.2. The molecular weight excluding hydrogens is 396 g/mol. The number of nitrogens with zero attached hydrogens (tertiary/aromatic N) is 8. The third kappa shape index (κ3) is 5.31. The van der Waals surface area contributed by atoms with E-state index in [4.69, 9.17) is 4.74 Å². The molecule has 2 aliphatic heterocycles. The standard InChI is InChI=1S/C15H18N4O2.C6H10N4/c1-11(20)21-14(12-7-3-2-4-8-12)13-9-5-6-10-19-15(13)16-17-18-19;1-2-4-6-7-8-9-10(6)5-3-1/h2-4,7-8,13-14H,5-6,9-10H2,1H3;1-5H2. The zero-order valence-corrected chi connectivity index (χ0v) is 17.8. The van der Waals surface area contributed by atoms with Crippen LogP contribution in [0, 0.1) is 0 Å². The maximum atomic E-state index is 11.5. The molecule has 0 saturated heterocycles. The molecule has 0 fully saturated rings. The van der Waals surface area contributed by atoms with Gasteiger partial charge in [-0.15, -0.1) is 10.2 Å². The molecule has 2 atom stereocenters. The number of carbonyl (C=O) groups is 1. The van der Waals surface area contributed by atoms with Crippen LogP contribution in [0.5, 0.6) is 0 Å². The number of aromatic nitrogens is 8. The topological polar surface area (TPSA) is 114 Å². The van der Waals surface area contributed by atoms with Gasteiger partial charge >= 0.3 is 5.97 Å². The van der Waals surface area contributed by atoms with Crippen LogP contribution in [0.15, 0.2) is 30.3 Å². The average molecular weight is 425 g/mol. The van der Waals surface area contributed by atoms with E-state index in [1.165, 1.54) is 26.2 Å². The highest BCUT2D eigenvalue weighted by atomic mass is 16.5. The first-order valence-corrected chi connectivity index (χ1v) is 11.0. The van der Waals surface area contributed by atoms with Crippen LogP contribution in [0.25, 0.3) is 0 Å². The summed E-state index contributed by atoms with van der Waals surface area (Å²) in [6.07, 6.45) is 7.46. The fraction of sp³-hybridized carbons (Fsp3) is 0.571. The summed E-state index contributed by atoms with van der Waals surface area (Å²) in [7, 11) is 0. The fourth-order valence-corrected chi connectivity index (χ4v) is 4.18. The lowest BCUT2D eigenvalue weighted by Gasteiger charge is -2.25. The zero-order valence-electron chi connectivity index (χ0n) is 17.8. The van der Waals surface area contributed by atoms with Gasteiger partial charge in [0, 0.05) is 26.4 Å². The van der Waals surface area contributed by atoms with Crippen molar-refractivity contribution < 1.29 is 9.53 Å². The largest absolute Gasteiger partial charge is 0.457 e. The molecule has 0 bridgehead atoms. The third-order valence-corrected chi connectivity index (χ3v) is 5.69. The molecule has 2 unspecified atom stereocenters. The monoisotopic (exact) mass is 424 g/mol. The van der Waals surface area contributed by atoms with Crippen molar-refractivity contribution in [1.82, 2.24) is 40.4 Å². The van der Waals surface area contributed by atoms with Gasteiger partial charge in [-0.25, -0.2) is 9.36 Å². The molecule has 2 aromatic heterocycles. The summed E-state index contributed by atoms with van der Waals surface area (Å²) in [6, 6.07) is 9.81. The van der Waals surface area contributed by atoms with E-state index in [0.717, 1.165) is 56.0 Å². The number of carbonyl (C=O) groups excluding carboxylic acids is 1. The summed E-state index contributed by atoms with van der Waals surface area (Å²) in [5.41, 5.74) is 0.981. The molecule has 31 heavy (non-hydrogen) atoms. The second-order valence-electron chi connectivity index (χ2n) is 7.93. The lowest BCUT2D eigenvalue weighted by molar-refractivity contribution is -0.148. The molecule has 164 valence electrons. The molecule has 0 amide bonds. The van der Waals surface area contributed by atoms with Crippen molar-refractivity contribution in [2.45, 2.75) is 77.0 Å². The van der Waals surface area contributed by atoms with Crippen LogP contribution in [0.4, 0.5) is 0 Å². The molecule has 4 heterocycles. The Morgan fingerprint density at radius 2 is 1.71 bits per heavy atom. The number of rotatable bonds is 3. The molecule has 2 aliphatic rings. The normalized spacial score (nSPS) is 18.9. The lowest BCUT2D eigenvalue weighted by Crippen LogP contribution is -2.20. The minimum absolute atomic E-state index is 0.00574. The predicted molar refractivity (Wildman–Crippen MR) is 111 cm³/mol. The van der Waals surface area contributed by atoms with Crippen molar-refractivity contribution in [3.05, 3.63) is 47.5 Å². The number of ether oxygens (including phenoxy) is 1. The van der Waals surface area contributed by atoms with Gasteiger partial charge in [-0.3, -0.25) is 4.79 Å². The minimum atomic E-state index is -0.341. The molecule has 0 aliphatic carbocycles. The molecule has 10 heteroatoms. The van der Waals surface area contributed by atoms with E-state index in [1.54, 1.807) is 0 Å². The number of tetrazole rings is 2. The van der Waals surface area contributed by atoms with E-state index in [9.17, 15) is 4.79 Å². The third-order valence-electron chi connectivity index (χ3n) is 5.69. The Bertz CT molecular complexity index is 950. The van der Waals surface area contributed by atoms with Crippen LogP contribution in [-0.4, -0.2) is 46.4 Å². The van der Waals surface area contributed by atoms with E-state index in [1.807, 2.05) is 39.7 Å². The maximum absolute atomic E-state index is 11.5. The quantitative estimate of drug-likeness (QED) is 0.590. The summed E-state index contributed by atoms with van der Waals surface area (Å²) in [5.74, 6) is 1.57. The maximum Gasteiger partial charge on any atom is 0.303 e. The van der Waals surface area contributed by atoms with Crippen molar-refractivity contribution in [3.63, 3.8) is 0 Å². The van der Waals surface area contributed by atoms with Gasteiger partial charge in [0.25, 0.3) is 0 Å². The molecule has 0 radical (unpaired) electrons. The second-order valence-corrected chi connectivity index (χ2v) is 7.93. The zero-order chi connectivity index (χ0) is 21.5. The van der Waals surface area contributed by atoms with E-state index in [-0.39, 0.29) is 18.0 Å². The van der Waals surface area contributed by atoms with Crippen molar-refractivity contribution in [2.24, 2.45) is 0 Å².